The second kappa shape index (κ2) is 5.18. The largest absolute Gasteiger partial charge is 0.459 e. The van der Waals surface area contributed by atoms with Gasteiger partial charge in [0.15, 0.2) is 5.76 Å². The molecule has 1 aliphatic rings. The molecule has 0 unspecified atom stereocenters. The molecule has 1 aromatic heterocycles. The van der Waals surface area contributed by atoms with E-state index >= 15 is 0 Å². The standard InChI is InChI=1S/C15H16N2O2/c18-15(14-6-3-11-19-14)16-8-10-17-9-7-12-4-1-2-5-13(12)17/h1-6,11H,7-10H2,(H,16,18). The van der Waals surface area contributed by atoms with Crippen LogP contribution >= 0.6 is 0 Å². The fraction of sp³-hybridized carbons (Fsp3) is 0.267. The van der Waals surface area contributed by atoms with Gasteiger partial charge >= 0.3 is 0 Å². The normalized spacial score (nSPS) is 13.4. The molecule has 1 amide bonds. The Hall–Kier alpha value is -2.23. The highest BCUT2D eigenvalue weighted by Gasteiger charge is 2.17. The summed E-state index contributed by atoms with van der Waals surface area (Å²) in [5, 5.41) is 2.87. The number of furan rings is 1. The van der Waals surface area contributed by atoms with Gasteiger partial charge in [-0.2, -0.15) is 0 Å². The van der Waals surface area contributed by atoms with Crippen molar-refractivity contribution in [1.29, 1.82) is 0 Å². The van der Waals surface area contributed by atoms with E-state index in [9.17, 15) is 4.79 Å². The average molecular weight is 256 g/mol. The van der Waals surface area contributed by atoms with Crippen LogP contribution in [0.3, 0.4) is 0 Å². The fourth-order valence-corrected chi connectivity index (χ4v) is 2.44. The molecule has 0 atom stereocenters. The molecule has 98 valence electrons. The van der Waals surface area contributed by atoms with Crippen LogP contribution in [0.5, 0.6) is 0 Å². The Morgan fingerprint density at radius 2 is 2.16 bits per heavy atom. The number of fused-ring (bicyclic) bond motifs is 1. The molecule has 0 saturated heterocycles. The molecule has 19 heavy (non-hydrogen) atoms. The second-order valence-electron chi connectivity index (χ2n) is 4.60. The van der Waals surface area contributed by atoms with Gasteiger partial charge in [-0.15, -0.1) is 0 Å². The summed E-state index contributed by atoms with van der Waals surface area (Å²) in [6.07, 6.45) is 2.59. The van der Waals surface area contributed by atoms with E-state index < -0.39 is 0 Å². The first-order chi connectivity index (χ1) is 9.34. The molecule has 3 rings (SSSR count). The van der Waals surface area contributed by atoms with Crippen molar-refractivity contribution < 1.29 is 9.21 Å². The van der Waals surface area contributed by atoms with Gasteiger partial charge in [0.05, 0.1) is 6.26 Å². The van der Waals surface area contributed by atoms with Gasteiger partial charge in [0.1, 0.15) is 0 Å². The number of anilines is 1. The molecule has 4 nitrogen and oxygen atoms in total. The zero-order valence-corrected chi connectivity index (χ0v) is 10.6. The third kappa shape index (κ3) is 2.47. The van der Waals surface area contributed by atoms with Crippen LogP contribution < -0.4 is 10.2 Å². The van der Waals surface area contributed by atoms with Crippen LogP contribution in [0, 0.1) is 0 Å². The molecule has 4 heteroatoms. The molecule has 0 spiro atoms. The topological polar surface area (TPSA) is 45.5 Å². The van der Waals surface area contributed by atoms with Crippen LogP contribution in [0.25, 0.3) is 0 Å². The number of nitrogens with one attached hydrogen (secondary N) is 1. The van der Waals surface area contributed by atoms with Gasteiger partial charge in [0.2, 0.25) is 0 Å². The number of rotatable bonds is 4. The van der Waals surface area contributed by atoms with E-state index in [-0.39, 0.29) is 5.91 Å². The Morgan fingerprint density at radius 1 is 1.26 bits per heavy atom. The van der Waals surface area contributed by atoms with Gasteiger partial charge in [-0.1, -0.05) is 18.2 Å². The maximum atomic E-state index is 11.7. The number of hydrogen-bond acceptors (Lipinski definition) is 3. The molecule has 0 aliphatic carbocycles. The Kier molecular flexibility index (Phi) is 3.23. The van der Waals surface area contributed by atoms with Crippen molar-refractivity contribution in [3.8, 4) is 0 Å². The van der Waals surface area contributed by atoms with Gasteiger partial charge in [-0.3, -0.25) is 4.79 Å². The van der Waals surface area contributed by atoms with Crippen LogP contribution in [0.15, 0.2) is 47.1 Å². The van der Waals surface area contributed by atoms with Crippen molar-refractivity contribution in [2.75, 3.05) is 24.5 Å². The number of carbonyl (C=O) groups is 1. The Balaban J connectivity index is 1.53. The number of para-hydroxylation sites is 1. The third-order valence-corrected chi connectivity index (χ3v) is 3.40. The molecule has 0 radical (unpaired) electrons. The quantitative estimate of drug-likeness (QED) is 0.911. The zero-order valence-electron chi connectivity index (χ0n) is 10.6. The molecular formula is C15H16N2O2. The lowest BCUT2D eigenvalue weighted by molar-refractivity contribution is 0.0927. The molecule has 0 saturated carbocycles. The fourth-order valence-electron chi connectivity index (χ4n) is 2.44. The van der Waals surface area contributed by atoms with E-state index in [0.717, 1.165) is 19.5 Å². The predicted molar refractivity (Wildman–Crippen MR) is 73.4 cm³/mol. The minimum absolute atomic E-state index is 0.155. The number of amides is 1. The summed E-state index contributed by atoms with van der Waals surface area (Å²) < 4.78 is 5.05. The lowest BCUT2D eigenvalue weighted by atomic mass is 10.2. The van der Waals surface area contributed by atoms with Crippen LogP contribution in [-0.2, 0) is 6.42 Å². The predicted octanol–water partition coefficient (Wildman–Crippen LogP) is 2.07. The monoisotopic (exact) mass is 256 g/mol. The highest BCUT2D eigenvalue weighted by Crippen LogP contribution is 2.26. The van der Waals surface area contributed by atoms with Crippen molar-refractivity contribution in [3.05, 3.63) is 54.0 Å². The van der Waals surface area contributed by atoms with E-state index in [1.807, 2.05) is 0 Å². The Bertz CT molecular complexity index is 563. The van der Waals surface area contributed by atoms with E-state index in [1.54, 1.807) is 12.1 Å². The number of carbonyl (C=O) groups excluding carboxylic acids is 1. The van der Waals surface area contributed by atoms with Gasteiger partial charge in [-0.05, 0) is 30.2 Å². The minimum Gasteiger partial charge on any atom is -0.459 e. The Morgan fingerprint density at radius 3 is 3.00 bits per heavy atom. The van der Waals surface area contributed by atoms with Crippen molar-refractivity contribution >= 4 is 11.6 Å². The summed E-state index contributed by atoms with van der Waals surface area (Å²) in [7, 11) is 0. The average Bonchev–Trinajstić information content (AvgIpc) is 3.08. The first-order valence-electron chi connectivity index (χ1n) is 6.49. The Labute approximate surface area is 112 Å². The maximum absolute atomic E-state index is 11.7. The molecule has 2 heterocycles. The molecule has 1 N–H and O–H groups in total. The number of benzene rings is 1. The summed E-state index contributed by atoms with van der Waals surface area (Å²) in [5.74, 6) is 0.208. The molecule has 2 aromatic rings. The van der Waals surface area contributed by atoms with Crippen LogP contribution in [-0.4, -0.2) is 25.5 Å². The second-order valence-corrected chi connectivity index (χ2v) is 4.60. The van der Waals surface area contributed by atoms with E-state index in [4.69, 9.17) is 4.42 Å². The molecule has 0 bridgehead atoms. The first kappa shape index (κ1) is 11.8. The molecule has 0 fully saturated rings. The molecule has 1 aromatic carbocycles. The van der Waals surface area contributed by atoms with E-state index in [2.05, 4.69) is 34.5 Å². The van der Waals surface area contributed by atoms with E-state index in [0.29, 0.717) is 12.3 Å². The summed E-state index contributed by atoms with van der Waals surface area (Å²) in [5.41, 5.74) is 2.68. The minimum atomic E-state index is -0.155. The highest BCUT2D eigenvalue weighted by atomic mass is 16.3. The third-order valence-electron chi connectivity index (χ3n) is 3.40. The summed E-state index contributed by atoms with van der Waals surface area (Å²) in [6, 6.07) is 11.8. The summed E-state index contributed by atoms with van der Waals surface area (Å²) >= 11 is 0. The van der Waals surface area contributed by atoms with Crippen LogP contribution in [0.2, 0.25) is 0 Å². The number of hydrogen-bond donors (Lipinski definition) is 1. The molecule has 1 aliphatic heterocycles. The summed E-state index contributed by atoms with van der Waals surface area (Å²) in [6.45, 7) is 2.47. The van der Waals surface area contributed by atoms with Crippen molar-refractivity contribution in [3.63, 3.8) is 0 Å². The van der Waals surface area contributed by atoms with Gasteiger partial charge in [0, 0.05) is 25.3 Å². The summed E-state index contributed by atoms with van der Waals surface area (Å²) in [4.78, 5) is 14.0. The maximum Gasteiger partial charge on any atom is 0.287 e. The van der Waals surface area contributed by atoms with E-state index in [1.165, 1.54) is 17.5 Å². The van der Waals surface area contributed by atoms with Crippen molar-refractivity contribution in [2.45, 2.75) is 6.42 Å². The van der Waals surface area contributed by atoms with Gasteiger partial charge in [0.25, 0.3) is 5.91 Å². The molecular weight excluding hydrogens is 240 g/mol. The van der Waals surface area contributed by atoms with Crippen LogP contribution in [0.1, 0.15) is 16.1 Å². The lowest BCUT2D eigenvalue weighted by Gasteiger charge is -2.19. The SMILES string of the molecule is O=C(NCCN1CCc2ccccc21)c1ccco1. The van der Waals surface area contributed by atoms with Crippen molar-refractivity contribution in [2.24, 2.45) is 0 Å². The lowest BCUT2D eigenvalue weighted by Crippen LogP contribution is -2.33. The van der Waals surface area contributed by atoms with Crippen LogP contribution in [0.4, 0.5) is 5.69 Å². The van der Waals surface area contributed by atoms with Crippen molar-refractivity contribution in [1.82, 2.24) is 5.32 Å². The van der Waals surface area contributed by atoms with Gasteiger partial charge in [-0.25, -0.2) is 0 Å². The zero-order chi connectivity index (χ0) is 13.1. The first-order valence-corrected chi connectivity index (χ1v) is 6.49. The smallest absolute Gasteiger partial charge is 0.287 e. The van der Waals surface area contributed by atoms with Gasteiger partial charge < -0.3 is 14.6 Å². The number of nitrogens with zero attached hydrogens (tertiary/aromatic N) is 1. The highest BCUT2D eigenvalue weighted by molar-refractivity contribution is 5.91.